The molecule has 0 saturated carbocycles. The molecule has 9 heteroatoms. The van der Waals surface area contributed by atoms with Gasteiger partial charge in [0.1, 0.15) is 5.75 Å². The number of nitriles is 1. The molecule has 1 aromatic heterocycles. The minimum Gasteiger partial charge on any atom is -0.495 e. The lowest BCUT2D eigenvalue weighted by atomic mass is 9.96. The van der Waals surface area contributed by atoms with Gasteiger partial charge in [-0.05, 0) is 48.7 Å². The van der Waals surface area contributed by atoms with E-state index in [0.29, 0.717) is 46.1 Å². The summed E-state index contributed by atoms with van der Waals surface area (Å²) in [4.78, 5) is 38.1. The van der Waals surface area contributed by atoms with Crippen molar-refractivity contribution in [2.45, 2.75) is 37.8 Å². The van der Waals surface area contributed by atoms with E-state index in [1.54, 1.807) is 30.3 Å². The number of benzene rings is 2. The van der Waals surface area contributed by atoms with Crippen LogP contribution < -0.4 is 10.3 Å². The standard InChI is InChI=1S/C28H25ClN2O6/c1-36-26-16-31(27(33)14-23(26)22-12-20(29)9-8-19(22)15-30)24(13-21-3-2-10-37-21)25(32)11-17-4-6-18(7-5-17)28(34)35/h4-9,12,14,16,21,24H,2-3,10-11,13H2,1H3,(H,34,35)/t21-,24?/m0/s1. The van der Waals surface area contributed by atoms with E-state index < -0.39 is 17.6 Å². The number of methoxy groups -OCH3 is 1. The summed E-state index contributed by atoms with van der Waals surface area (Å²) in [6.07, 6.45) is 3.32. The lowest BCUT2D eigenvalue weighted by Gasteiger charge is -2.23. The fourth-order valence-electron chi connectivity index (χ4n) is 4.55. The second-order valence-corrected chi connectivity index (χ2v) is 9.27. The zero-order valence-electron chi connectivity index (χ0n) is 20.1. The number of carboxylic acid groups (broad SMARTS) is 1. The highest BCUT2D eigenvalue weighted by atomic mass is 35.5. The number of hydrogen-bond acceptors (Lipinski definition) is 6. The van der Waals surface area contributed by atoms with E-state index in [0.717, 1.165) is 12.8 Å². The fraction of sp³-hybridized carbons (Fsp3) is 0.286. The van der Waals surface area contributed by atoms with E-state index >= 15 is 0 Å². The van der Waals surface area contributed by atoms with Crippen LogP contribution >= 0.6 is 11.6 Å². The Morgan fingerprint density at radius 3 is 2.59 bits per heavy atom. The number of nitrogens with zero attached hydrogens (tertiary/aromatic N) is 2. The maximum absolute atomic E-state index is 13.5. The van der Waals surface area contributed by atoms with E-state index in [9.17, 15) is 19.6 Å². The second-order valence-electron chi connectivity index (χ2n) is 8.83. The molecule has 0 amide bonds. The third kappa shape index (κ3) is 5.91. The topological polar surface area (TPSA) is 119 Å². The molecule has 1 aliphatic rings. The van der Waals surface area contributed by atoms with Gasteiger partial charge in [0.2, 0.25) is 0 Å². The van der Waals surface area contributed by atoms with Crippen molar-refractivity contribution < 1.29 is 24.2 Å². The Kier molecular flexibility index (Phi) is 8.07. The molecule has 37 heavy (non-hydrogen) atoms. The van der Waals surface area contributed by atoms with Crippen LogP contribution in [0, 0.1) is 11.3 Å². The summed E-state index contributed by atoms with van der Waals surface area (Å²) in [6.45, 7) is 0.602. The maximum atomic E-state index is 13.5. The Balaban J connectivity index is 1.73. The first-order chi connectivity index (χ1) is 17.8. The quantitative estimate of drug-likeness (QED) is 0.435. The number of ether oxygens (including phenoxy) is 2. The normalized spacial score (nSPS) is 15.6. The summed E-state index contributed by atoms with van der Waals surface area (Å²) in [5, 5.41) is 19.1. The number of rotatable bonds is 9. The average molecular weight is 521 g/mol. The number of aromatic nitrogens is 1. The average Bonchev–Trinajstić information content (AvgIpc) is 3.41. The predicted octanol–water partition coefficient (Wildman–Crippen LogP) is 4.67. The first kappa shape index (κ1) is 26.1. The van der Waals surface area contributed by atoms with Crippen LogP contribution in [0.3, 0.4) is 0 Å². The monoisotopic (exact) mass is 520 g/mol. The van der Waals surface area contributed by atoms with Crippen LogP contribution in [0.2, 0.25) is 5.02 Å². The summed E-state index contributed by atoms with van der Waals surface area (Å²) >= 11 is 6.16. The van der Waals surface area contributed by atoms with Gasteiger partial charge in [0.15, 0.2) is 5.78 Å². The summed E-state index contributed by atoms with van der Waals surface area (Å²) in [7, 11) is 1.45. The highest BCUT2D eigenvalue weighted by Crippen LogP contribution is 2.34. The first-order valence-electron chi connectivity index (χ1n) is 11.8. The third-order valence-corrected chi connectivity index (χ3v) is 6.69. The van der Waals surface area contributed by atoms with E-state index in [4.69, 9.17) is 26.2 Å². The molecule has 0 radical (unpaired) electrons. The Hall–Kier alpha value is -3.93. The first-order valence-corrected chi connectivity index (χ1v) is 12.1. The molecule has 0 bridgehead atoms. The molecule has 3 aromatic rings. The van der Waals surface area contributed by atoms with Crippen molar-refractivity contribution in [1.29, 1.82) is 5.26 Å². The molecule has 1 saturated heterocycles. The van der Waals surface area contributed by atoms with Gasteiger partial charge in [0, 0.05) is 41.7 Å². The molecule has 1 N–H and O–H groups in total. The van der Waals surface area contributed by atoms with Gasteiger partial charge in [-0.1, -0.05) is 23.7 Å². The van der Waals surface area contributed by atoms with Gasteiger partial charge in [-0.25, -0.2) is 4.79 Å². The van der Waals surface area contributed by atoms with Crippen LogP contribution in [-0.4, -0.2) is 41.2 Å². The fourth-order valence-corrected chi connectivity index (χ4v) is 4.72. The van der Waals surface area contributed by atoms with Crippen molar-refractivity contribution in [2.75, 3.05) is 13.7 Å². The molecule has 1 fully saturated rings. The van der Waals surface area contributed by atoms with Gasteiger partial charge in [-0.15, -0.1) is 0 Å². The van der Waals surface area contributed by atoms with Crippen LogP contribution in [-0.2, 0) is 16.0 Å². The highest BCUT2D eigenvalue weighted by Gasteiger charge is 2.29. The number of pyridine rings is 1. The molecule has 2 heterocycles. The van der Waals surface area contributed by atoms with Crippen LogP contribution in [0.15, 0.2) is 59.5 Å². The number of carbonyl (C=O) groups excluding carboxylic acids is 1. The van der Waals surface area contributed by atoms with Gasteiger partial charge in [0.25, 0.3) is 5.56 Å². The number of carboxylic acids is 1. The summed E-state index contributed by atoms with van der Waals surface area (Å²) in [5.74, 6) is -0.947. The van der Waals surface area contributed by atoms with Crippen LogP contribution in [0.4, 0.5) is 0 Å². The van der Waals surface area contributed by atoms with E-state index in [2.05, 4.69) is 6.07 Å². The Bertz CT molecular complexity index is 1420. The summed E-state index contributed by atoms with van der Waals surface area (Å²) in [5.41, 5.74) is 1.52. The Labute approximate surface area is 218 Å². The van der Waals surface area contributed by atoms with Gasteiger partial charge in [-0.3, -0.25) is 9.59 Å². The predicted molar refractivity (Wildman–Crippen MR) is 137 cm³/mol. The third-order valence-electron chi connectivity index (χ3n) is 6.45. The van der Waals surface area contributed by atoms with Gasteiger partial charge < -0.3 is 19.1 Å². The van der Waals surface area contributed by atoms with Crippen LogP contribution in [0.25, 0.3) is 11.1 Å². The molecule has 2 aromatic carbocycles. The zero-order chi connectivity index (χ0) is 26.5. The molecule has 4 rings (SSSR count). The number of halogens is 1. The summed E-state index contributed by atoms with van der Waals surface area (Å²) in [6, 6.07) is 13.5. The lowest BCUT2D eigenvalue weighted by molar-refractivity contribution is -0.122. The van der Waals surface area contributed by atoms with Gasteiger partial charge in [-0.2, -0.15) is 5.26 Å². The molecule has 1 unspecified atom stereocenters. The van der Waals surface area contributed by atoms with E-state index in [1.165, 1.54) is 36.1 Å². The molecular weight excluding hydrogens is 496 g/mol. The van der Waals surface area contributed by atoms with Crippen molar-refractivity contribution in [1.82, 2.24) is 4.57 Å². The van der Waals surface area contributed by atoms with E-state index in [1.807, 2.05) is 0 Å². The smallest absolute Gasteiger partial charge is 0.335 e. The Morgan fingerprint density at radius 2 is 1.97 bits per heavy atom. The maximum Gasteiger partial charge on any atom is 0.335 e. The number of ketones is 1. The SMILES string of the molecule is COc1cn(C(C[C@@H]2CCCO2)C(=O)Cc2ccc(C(=O)O)cc2)c(=O)cc1-c1cc(Cl)ccc1C#N. The number of Topliss-reactive ketones (excluding diaryl/α,β-unsaturated/α-hetero) is 1. The lowest BCUT2D eigenvalue weighted by Crippen LogP contribution is -2.33. The molecule has 2 atom stereocenters. The van der Waals surface area contributed by atoms with Crippen molar-refractivity contribution >= 4 is 23.4 Å². The molecule has 190 valence electrons. The minimum atomic E-state index is -1.05. The molecule has 0 aliphatic carbocycles. The largest absolute Gasteiger partial charge is 0.495 e. The highest BCUT2D eigenvalue weighted by molar-refractivity contribution is 6.31. The van der Waals surface area contributed by atoms with Gasteiger partial charge in [0.05, 0.1) is 42.6 Å². The second kappa shape index (κ2) is 11.4. The Morgan fingerprint density at radius 1 is 1.22 bits per heavy atom. The number of hydrogen-bond donors (Lipinski definition) is 1. The van der Waals surface area contributed by atoms with Crippen molar-refractivity contribution in [2.24, 2.45) is 0 Å². The van der Waals surface area contributed by atoms with Crippen molar-refractivity contribution in [3.8, 4) is 22.9 Å². The molecule has 0 spiro atoms. The van der Waals surface area contributed by atoms with Crippen molar-refractivity contribution in [3.05, 3.63) is 86.8 Å². The van der Waals surface area contributed by atoms with Crippen LogP contribution in [0.1, 0.15) is 46.8 Å². The molecule has 8 nitrogen and oxygen atoms in total. The van der Waals surface area contributed by atoms with E-state index in [-0.39, 0.29) is 23.9 Å². The van der Waals surface area contributed by atoms with Crippen molar-refractivity contribution in [3.63, 3.8) is 0 Å². The van der Waals surface area contributed by atoms with Gasteiger partial charge >= 0.3 is 5.97 Å². The number of carbonyl (C=O) groups is 2. The summed E-state index contributed by atoms with van der Waals surface area (Å²) < 4.78 is 12.7. The molecule has 1 aliphatic heterocycles. The number of aromatic carboxylic acids is 1. The van der Waals surface area contributed by atoms with Crippen LogP contribution in [0.5, 0.6) is 5.75 Å². The minimum absolute atomic E-state index is 0.0145. The zero-order valence-corrected chi connectivity index (χ0v) is 20.9. The molecular formula is C28H25ClN2O6.